The zero-order valence-corrected chi connectivity index (χ0v) is 14.2. The van der Waals surface area contributed by atoms with E-state index in [9.17, 15) is 5.11 Å². The number of benzene rings is 2. The molecule has 1 fully saturated rings. The van der Waals surface area contributed by atoms with Gasteiger partial charge >= 0.3 is 0 Å². The molecule has 0 aliphatic carbocycles. The molecule has 2 aromatic carbocycles. The van der Waals surface area contributed by atoms with Gasteiger partial charge in [-0.25, -0.2) is 0 Å². The third-order valence-electron chi connectivity index (χ3n) is 5.13. The third kappa shape index (κ3) is 3.49. The Bertz CT molecular complexity index is 569. The van der Waals surface area contributed by atoms with Crippen LogP contribution in [-0.2, 0) is 5.60 Å². The highest BCUT2D eigenvalue weighted by atomic mass is 16.3. The zero-order valence-electron chi connectivity index (χ0n) is 14.2. The first-order valence-electron chi connectivity index (χ1n) is 8.67. The Morgan fingerprint density at radius 2 is 1.52 bits per heavy atom. The fourth-order valence-electron chi connectivity index (χ4n) is 3.75. The average Bonchev–Trinajstić information content (AvgIpc) is 3.05. The van der Waals surface area contributed by atoms with E-state index < -0.39 is 5.60 Å². The molecule has 0 spiro atoms. The summed E-state index contributed by atoms with van der Waals surface area (Å²) in [6.07, 6.45) is 1.95. The monoisotopic (exact) mass is 309 g/mol. The van der Waals surface area contributed by atoms with Gasteiger partial charge in [0.15, 0.2) is 0 Å². The lowest BCUT2D eigenvalue weighted by Crippen LogP contribution is -2.33. The van der Waals surface area contributed by atoms with Gasteiger partial charge in [-0.2, -0.15) is 0 Å². The maximum absolute atomic E-state index is 11.6. The summed E-state index contributed by atoms with van der Waals surface area (Å²) in [7, 11) is 0. The van der Waals surface area contributed by atoms with E-state index in [-0.39, 0.29) is 0 Å². The predicted molar refractivity (Wildman–Crippen MR) is 95.3 cm³/mol. The Labute approximate surface area is 139 Å². The van der Waals surface area contributed by atoms with Crippen LogP contribution < -0.4 is 0 Å². The molecule has 1 aliphatic heterocycles. The van der Waals surface area contributed by atoms with Crippen LogP contribution in [0.1, 0.15) is 37.8 Å². The molecule has 0 saturated carbocycles. The van der Waals surface area contributed by atoms with Crippen LogP contribution in [0, 0.1) is 5.92 Å². The molecule has 1 heterocycles. The normalized spacial score (nSPS) is 19.4. The molecule has 3 rings (SSSR count). The fraction of sp³-hybridized carbons (Fsp3) is 0.429. The minimum atomic E-state index is -0.903. The van der Waals surface area contributed by atoms with Crippen LogP contribution in [0.5, 0.6) is 0 Å². The average molecular weight is 309 g/mol. The predicted octanol–water partition coefficient (Wildman–Crippen LogP) is 4.04. The Morgan fingerprint density at radius 3 is 1.96 bits per heavy atom. The molecule has 23 heavy (non-hydrogen) atoms. The van der Waals surface area contributed by atoms with Crippen molar-refractivity contribution in [2.45, 2.75) is 38.3 Å². The number of likely N-dealkylation sites (tertiary alicyclic amines) is 1. The van der Waals surface area contributed by atoms with E-state index in [2.05, 4.69) is 18.7 Å². The summed E-state index contributed by atoms with van der Waals surface area (Å²) in [5, 5.41) is 11.6. The van der Waals surface area contributed by atoms with Gasteiger partial charge in [-0.15, -0.1) is 0 Å². The molecule has 122 valence electrons. The van der Waals surface area contributed by atoms with E-state index in [1.807, 2.05) is 60.7 Å². The van der Waals surface area contributed by atoms with Gasteiger partial charge in [0.1, 0.15) is 5.60 Å². The molecule has 0 radical (unpaired) electrons. The van der Waals surface area contributed by atoms with Gasteiger partial charge in [0.05, 0.1) is 0 Å². The van der Waals surface area contributed by atoms with E-state index in [4.69, 9.17) is 0 Å². The summed E-state index contributed by atoms with van der Waals surface area (Å²) in [6, 6.07) is 20.8. The molecule has 2 heteroatoms. The maximum Gasteiger partial charge on any atom is 0.115 e. The van der Waals surface area contributed by atoms with Crippen molar-refractivity contribution in [3.8, 4) is 0 Å². The third-order valence-corrected chi connectivity index (χ3v) is 5.13. The van der Waals surface area contributed by atoms with Crippen molar-refractivity contribution in [3.05, 3.63) is 71.8 Å². The van der Waals surface area contributed by atoms with E-state index >= 15 is 0 Å². The number of aliphatic hydroxyl groups is 1. The Hall–Kier alpha value is -1.64. The van der Waals surface area contributed by atoms with Gasteiger partial charge in [-0.1, -0.05) is 60.7 Å². The second-order valence-corrected chi connectivity index (χ2v) is 7.04. The summed E-state index contributed by atoms with van der Waals surface area (Å²) in [5.41, 5.74) is 1.09. The van der Waals surface area contributed by atoms with Crippen molar-refractivity contribution in [1.29, 1.82) is 0 Å². The highest BCUT2D eigenvalue weighted by molar-refractivity contribution is 5.36. The molecule has 1 saturated heterocycles. The minimum absolute atomic E-state index is 0.530. The van der Waals surface area contributed by atoms with Crippen LogP contribution in [0.15, 0.2) is 60.7 Å². The maximum atomic E-state index is 11.6. The summed E-state index contributed by atoms with van der Waals surface area (Å²) in [5.74, 6) is 0.530. The molecule has 2 aromatic rings. The molecular formula is C21H27NO. The van der Waals surface area contributed by atoms with Crippen molar-refractivity contribution < 1.29 is 5.11 Å². The minimum Gasteiger partial charge on any atom is -0.380 e. The van der Waals surface area contributed by atoms with Crippen molar-refractivity contribution in [2.75, 3.05) is 13.1 Å². The summed E-state index contributed by atoms with van der Waals surface area (Å²) >= 11 is 0. The van der Waals surface area contributed by atoms with Gasteiger partial charge in [0.2, 0.25) is 0 Å². The van der Waals surface area contributed by atoms with Crippen molar-refractivity contribution in [3.63, 3.8) is 0 Å². The number of hydrogen-bond acceptors (Lipinski definition) is 2. The largest absolute Gasteiger partial charge is 0.380 e. The lowest BCUT2D eigenvalue weighted by Gasteiger charge is -2.32. The first-order chi connectivity index (χ1) is 11.1. The number of nitrogens with zero attached hydrogens (tertiary/aromatic N) is 1. The molecule has 0 bridgehead atoms. The molecule has 1 unspecified atom stereocenters. The van der Waals surface area contributed by atoms with E-state index in [1.54, 1.807) is 0 Å². The van der Waals surface area contributed by atoms with Crippen LogP contribution in [0.4, 0.5) is 0 Å². The van der Waals surface area contributed by atoms with E-state index in [1.165, 1.54) is 6.42 Å². The first kappa shape index (κ1) is 16.2. The molecule has 1 aliphatic rings. The highest BCUT2D eigenvalue weighted by Gasteiger charge is 2.36. The smallest absolute Gasteiger partial charge is 0.115 e. The van der Waals surface area contributed by atoms with Crippen LogP contribution in [0.25, 0.3) is 0 Å². The van der Waals surface area contributed by atoms with Gasteiger partial charge in [-0.05, 0) is 50.3 Å². The van der Waals surface area contributed by atoms with Gasteiger partial charge in [0, 0.05) is 12.6 Å². The van der Waals surface area contributed by atoms with Crippen LogP contribution in [0.2, 0.25) is 0 Å². The van der Waals surface area contributed by atoms with Gasteiger partial charge < -0.3 is 10.0 Å². The van der Waals surface area contributed by atoms with Gasteiger partial charge in [-0.3, -0.25) is 0 Å². The SMILES string of the molecule is CC(C)N1CCC(CC(O)(c2ccccc2)c2ccccc2)C1. The second-order valence-electron chi connectivity index (χ2n) is 7.04. The Kier molecular flexibility index (Phi) is 4.84. The van der Waals surface area contributed by atoms with Crippen LogP contribution in [-0.4, -0.2) is 29.1 Å². The molecular weight excluding hydrogens is 282 g/mol. The van der Waals surface area contributed by atoms with Gasteiger partial charge in [0.25, 0.3) is 0 Å². The van der Waals surface area contributed by atoms with E-state index in [0.717, 1.165) is 30.6 Å². The molecule has 0 aromatic heterocycles. The van der Waals surface area contributed by atoms with Crippen molar-refractivity contribution >= 4 is 0 Å². The van der Waals surface area contributed by atoms with Crippen molar-refractivity contribution in [1.82, 2.24) is 4.90 Å². The first-order valence-corrected chi connectivity index (χ1v) is 8.67. The quantitative estimate of drug-likeness (QED) is 0.901. The zero-order chi connectivity index (χ0) is 16.3. The van der Waals surface area contributed by atoms with Crippen LogP contribution >= 0.6 is 0 Å². The number of rotatable bonds is 5. The van der Waals surface area contributed by atoms with E-state index in [0.29, 0.717) is 12.0 Å². The van der Waals surface area contributed by atoms with Crippen LogP contribution in [0.3, 0.4) is 0 Å². The van der Waals surface area contributed by atoms with Crippen molar-refractivity contribution in [2.24, 2.45) is 5.92 Å². The molecule has 1 N–H and O–H groups in total. The second kappa shape index (κ2) is 6.86. The molecule has 0 amide bonds. The Balaban J connectivity index is 1.88. The number of hydrogen-bond donors (Lipinski definition) is 1. The standard InChI is InChI=1S/C21H27NO/c1-17(2)22-14-13-18(16-22)15-21(23,19-9-5-3-6-10-19)20-11-7-4-8-12-20/h3-12,17-18,23H,13-16H2,1-2H3. The Morgan fingerprint density at radius 1 is 1.00 bits per heavy atom. The summed E-state index contributed by atoms with van der Waals surface area (Å²) in [6.45, 7) is 6.73. The molecule has 2 nitrogen and oxygen atoms in total. The summed E-state index contributed by atoms with van der Waals surface area (Å²) < 4.78 is 0. The topological polar surface area (TPSA) is 23.5 Å². The summed E-state index contributed by atoms with van der Waals surface area (Å²) in [4.78, 5) is 2.51. The molecule has 1 atom stereocenters. The highest BCUT2D eigenvalue weighted by Crippen LogP contribution is 2.38. The lowest BCUT2D eigenvalue weighted by molar-refractivity contribution is 0.0526. The fourth-order valence-corrected chi connectivity index (χ4v) is 3.75. The lowest BCUT2D eigenvalue weighted by atomic mass is 9.79.